The Bertz CT molecular complexity index is 440. The molecule has 4 heteroatoms. The third-order valence-corrected chi connectivity index (χ3v) is 3.80. The highest BCUT2D eigenvalue weighted by Gasteiger charge is 2.21. The van der Waals surface area contributed by atoms with Gasteiger partial charge in [-0.05, 0) is 31.2 Å². The van der Waals surface area contributed by atoms with E-state index >= 15 is 0 Å². The summed E-state index contributed by atoms with van der Waals surface area (Å²) in [5, 5.41) is 0. The number of carbonyl (C=O) groups excluding carboxylic acids is 1. The Morgan fingerprint density at radius 1 is 1.25 bits per heavy atom. The van der Waals surface area contributed by atoms with Crippen LogP contribution in [-0.4, -0.2) is 55.5 Å². The third-order valence-electron chi connectivity index (χ3n) is 3.80. The van der Waals surface area contributed by atoms with Crippen LogP contribution in [0, 0.1) is 0 Å². The van der Waals surface area contributed by atoms with Gasteiger partial charge in [-0.15, -0.1) is 0 Å². The van der Waals surface area contributed by atoms with Gasteiger partial charge in [-0.25, -0.2) is 0 Å². The number of piperazine rings is 1. The Kier molecular flexibility index (Phi) is 5.41. The van der Waals surface area contributed by atoms with Crippen molar-refractivity contribution in [3.05, 3.63) is 29.8 Å². The molecule has 0 atom stereocenters. The normalized spacial score (nSPS) is 16.2. The van der Waals surface area contributed by atoms with Gasteiger partial charge in [0.2, 0.25) is 0 Å². The number of hydrogen-bond acceptors (Lipinski definition) is 3. The van der Waals surface area contributed by atoms with Gasteiger partial charge >= 0.3 is 0 Å². The lowest BCUT2D eigenvalue weighted by Gasteiger charge is -2.34. The monoisotopic (exact) mass is 276 g/mol. The summed E-state index contributed by atoms with van der Waals surface area (Å²) in [5.74, 6) is 0.844. The quantitative estimate of drug-likeness (QED) is 0.827. The van der Waals surface area contributed by atoms with Crippen molar-refractivity contribution in [3.8, 4) is 5.75 Å². The standard InChI is InChI=1S/C16H24N2O2/c1-3-4-8-17-9-11-18(12-10-17)16(19)14-6-5-7-15(13-14)20-2/h5-7,13H,3-4,8-12H2,1-2H3. The van der Waals surface area contributed by atoms with E-state index in [4.69, 9.17) is 4.74 Å². The van der Waals surface area contributed by atoms with Crippen LogP contribution in [0.25, 0.3) is 0 Å². The first-order valence-electron chi connectivity index (χ1n) is 7.40. The maximum absolute atomic E-state index is 12.4. The molecule has 1 aromatic rings. The van der Waals surface area contributed by atoms with E-state index in [1.807, 2.05) is 29.2 Å². The van der Waals surface area contributed by atoms with Crippen molar-refractivity contribution in [1.82, 2.24) is 9.80 Å². The van der Waals surface area contributed by atoms with E-state index in [2.05, 4.69) is 11.8 Å². The number of methoxy groups -OCH3 is 1. The summed E-state index contributed by atoms with van der Waals surface area (Å²) in [6.45, 7) is 6.96. The number of benzene rings is 1. The van der Waals surface area contributed by atoms with Crippen molar-refractivity contribution >= 4 is 5.91 Å². The molecule has 0 aromatic heterocycles. The van der Waals surface area contributed by atoms with Gasteiger partial charge in [0, 0.05) is 31.7 Å². The minimum absolute atomic E-state index is 0.110. The van der Waals surface area contributed by atoms with E-state index in [0.29, 0.717) is 5.56 Å². The Morgan fingerprint density at radius 2 is 2.00 bits per heavy atom. The molecule has 20 heavy (non-hydrogen) atoms. The van der Waals surface area contributed by atoms with Crippen molar-refractivity contribution in [2.45, 2.75) is 19.8 Å². The fourth-order valence-electron chi connectivity index (χ4n) is 2.49. The van der Waals surface area contributed by atoms with Crippen LogP contribution < -0.4 is 4.74 Å². The molecule has 1 aliphatic heterocycles. The Morgan fingerprint density at radius 3 is 2.65 bits per heavy atom. The third kappa shape index (κ3) is 3.73. The lowest BCUT2D eigenvalue weighted by atomic mass is 10.1. The summed E-state index contributed by atoms with van der Waals surface area (Å²) in [6, 6.07) is 7.39. The van der Waals surface area contributed by atoms with Crippen LogP contribution in [0.15, 0.2) is 24.3 Å². The Balaban J connectivity index is 1.91. The molecule has 1 fully saturated rings. The van der Waals surface area contributed by atoms with Gasteiger partial charge in [0.15, 0.2) is 0 Å². The van der Waals surface area contributed by atoms with E-state index in [1.54, 1.807) is 7.11 Å². The summed E-state index contributed by atoms with van der Waals surface area (Å²) < 4.78 is 5.17. The largest absolute Gasteiger partial charge is 0.497 e. The zero-order chi connectivity index (χ0) is 14.4. The van der Waals surface area contributed by atoms with E-state index in [0.717, 1.165) is 38.5 Å². The van der Waals surface area contributed by atoms with Gasteiger partial charge in [0.1, 0.15) is 5.75 Å². The van der Waals surface area contributed by atoms with Crippen LogP contribution in [0.5, 0.6) is 5.75 Å². The molecule has 1 heterocycles. The average Bonchev–Trinajstić information content (AvgIpc) is 2.52. The second-order valence-electron chi connectivity index (χ2n) is 5.22. The molecule has 4 nitrogen and oxygen atoms in total. The number of rotatable bonds is 5. The molecular weight excluding hydrogens is 252 g/mol. The lowest BCUT2D eigenvalue weighted by Crippen LogP contribution is -2.48. The van der Waals surface area contributed by atoms with Crippen LogP contribution in [0.3, 0.4) is 0 Å². The Hall–Kier alpha value is -1.55. The first kappa shape index (κ1) is 14.9. The fourth-order valence-corrected chi connectivity index (χ4v) is 2.49. The number of amides is 1. The second-order valence-corrected chi connectivity index (χ2v) is 5.22. The maximum atomic E-state index is 12.4. The first-order valence-corrected chi connectivity index (χ1v) is 7.40. The first-order chi connectivity index (χ1) is 9.74. The van der Waals surface area contributed by atoms with Gasteiger partial charge in [-0.2, -0.15) is 0 Å². The van der Waals surface area contributed by atoms with Crippen LogP contribution in [0.2, 0.25) is 0 Å². The van der Waals surface area contributed by atoms with Gasteiger partial charge in [-0.1, -0.05) is 19.4 Å². The van der Waals surface area contributed by atoms with Gasteiger partial charge in [0.05, 0.1) is 7.11 Å². The highest BCUT2D eigenvalue weighted by Crippen LogP contribution is 2.15. The molecule has 110 valence electrons. The summed E-state index contributed by atoms with van der Waals surface area (Å²) in [6.07, 6.45) is 2.47. The predicted molar refractivity (Wildman–Crippen MR) is 80.2 cm³/mol. The van der Waals surface area contributed by atoms with Crippen molar-refractivity contribution in [2.75, 3.05) is 39.8 Å². The van der Waals surface area contributed by atoms with Crippen LogP contribution in [0.4, 0.5) is 0 Å². The smallest absolute Gasteiger partial charge is 0.254 e. The topological polar surface area (TPSA) is 32.8 Å². The van der Waals surface area contributed by atoms with Crippen LogP contribution in [0.1, 0.15) is 30.1 Å². The molecule has 0 saturated carbocycles. The van der Waals surface area contributed by atoms with E-state index in [-0.39, 0.29) is 5.91 Å². The summed E-state index contributed by atoms with van der Waals surface area (Å²) in [7, 11) is 1.62. The molecule has 0 radical (unpaired) electrons. The highest BCUT2D eigenvalue weighted by molar-refractivity contribution is 5.94. The van der Waals surface area contributed by atoms with E-state index in [1.165, 1.54) is 12.8 Å². The Labute approximate surface area is 121 Å². The molecule has 0 bridgehead atoms. The number of hydrogen-bond donors (Lipinski definition) is 0. The average molecular weight is 276 g/mol. The van der Waals surface area contributed by atoms with Gasteiger partial charge < -0.3 is 9.64 Å². The molecule has 1 aromatic carbocycles. The van der Waals surface area contributed by atoms with Crippen LogP contribution in [-0.2, 0) is 0 Å². The second kappa shape index (κ2) is 7.29. The fraction of sp³-hybridized carbons (Fsp3) is 0.562. The summed E-state index contributed by atoms with van der Waals surface area (Å²) in [4.78, 5) is 16.8. The molecule has 0 aliphatic carbocycles. The summed E-state index contributed by atoms with van der Waals surface area (Å²) in [5.41, 5.74) is 0.714. The van der Waals surface area contributed by atoms with E-state index in [9.17, 15) is 4.79 Å². The number of nitrogens with zero attached hydrogens (tertiary/aromatic N) is 2. The number of ether oxygens (including phenoxy) is 1. The maximum Gasteiger partial charge on any atom is 0.254 e. The van der Waals surface area contributed by atoms with E-state index < -0.39 is 0 Å². The molecule has 1 aliphatic rings. The zero-order valence-electron chi connectivity index (χ0n) is 12.5. The number of carbonyl (C=O) groups is 1. The lowest BCUT2D eigenvalue weighted by molar-refractivity contribution is 0.0635. The zero-order valence-corrected chi connectivity index (χ0v) is 12.5. The molecule has 0 unspecified atom stereocenters. The molecule has 1 saturated heterocycles. The van der Waals surface area contributed by atoms with Gasteiger partial charge in [-0.3, -0.25) is 9.69 Å². The highest BCUT2D eigenvalue weighted by atomic mass is 16.5. The van der Waals surface area contributed by atoms with Crippen LogP contribution >= 0.6 is 0 Å². The SMILES string of the molecule is CCCCN1CCN(C(=O)c2cccc(OC)c2)CC1. The minimum Gasteiger partial charge on any atom is -0.497 e. The molecule has 2 rings (SSSR count). The molecule has 1 amide bonds. The van der Waals surface area contributed by atoms with Gasteiger partial charge in [0.25, 0.3) is 5.91 Å². The van der Waals surface area contributed by atoms with Crippen molar-refractivity contribution in [2.24, 2.45) is 0 Å². The molecule has 0 spiro atoms. The summed E-state index contributed by atoms with van der Waals surface area (Å²) >= 11 is 0. The van der Waals surface area contributed by atoms with Crippen molar-refractivity contribution in [3.63, 3.8) is 0 Å². The molecular formula is C16H24N2O2. The number of unbranched alkanes of at least 4 members (excludes halogenated alkanes) is 1. The predicted octanol–water partition coefficient (Wildman–Crippen LogP) is 2.25. The van der Waals surface area contributed by atoms with Crippen molar-refractivity contribution < 1.29 is 9.53 Å². The molecule has 0 N–H and O–H groups in total. The minimum atomic E-state index is 0.110. The van der Waals surface area contributed by atoms with Crippen molar-refractivity contribution in [1.29, 1.82) is 0 Å².